The van der Waals surface area contributed by atoms with Crippen LogP contribution in [-0.2, 0) is 19.1 Å². The summed E-state index contributed by atoms with van der Waals surface area (Å²) in [5.41, 5.74) is 0.864. The van der Waals surface area contributed by atoms with Crippen molar-refractivity contribution in [3.05, 3.63) is 26.6 Å². The summed E-state index contributed by atoms with van der Waals surface area (Å²) in [6.07, 6.45) is 2.63. The van der Waals surface area contributed by atoms with E-state index < -0.39 is 12.0 Å². The summed E-state index contributed by atoms with van der Waals surface area (Å²) in [6.45, 7) is 4.70. The van der Waals surface area contributed by atoms with Gasteiger partial charge in [-0.3, -0.25) is 14.4 Å². The van der Waals surface area contributed by atoms with Crippen molar-refractivity contribution < 1.29 is 23.9 Å². The molecule has 1 heterocycles. The number of hydrogen-bond acceptors (Lipinski definition) is 5. The van der Waals surface area contributed by atoms with Crippen molar-refractivity contribution in [2.45, 2.75) is 45.6 Å². The highest BCUT2D eigenvalue weighted by Crippen LogP contribution is 2.32. The highest BCUT2D eigenvalue weighted by atomic mass is 79.9. The molecule has 1 saturated heterocycles. The zero-order chi connectivity index (χ0) is 21.4. The van der Waals surface area contributed by atoms with E-state index in [4.69, 9.17) is 9.47 Å². The Balaban J connectivity index is 1.97. The van der Waals surface area contributed by atoms with Crippen molar-refractivity contribution in [1.29, 1.82) is 0 Å². The molecule has 2 rings (SSSR count). The van der Waals surface area contributed by atoms with E-state index in [-0.39, 0.29) is 24.8 Å². The average Bonchev–Trinajstić information content (AvgIpc) is 2.65. The molecule has 29 heavy (non-hydrogen) atoms. The summed E-state index contributed by atoms with van der Waals surface area (Å²) in [5.74, 6) is -0.614. The van der Waals surface area contributed by atoms with Crippen LogP contribution >= 0.6 is 31.9 Å². The largest absolute Gasteiger partial charge is 0.482 e. The maximum Gasteiger partial charge on any atom is 0.308 e. The third-order valence-corrected chi connectivity index (χ3v) is 5.60. The number of esters is 1. The molecule has 1 atom stereocenters. The smallest absolute Gasteiger partial charge is 0.308 e. The van der Waals surface area contributed by atoms with Crippen molar-refractivity contribution in [2.24, 2.45) is 0 Å². The van der Waals surface area contributed by atoms with Gasteiger partial charge in [-0.15, -0.1) is 0 Å². The van der Waals surface area contributed by atoms with E-state index in [9.17, 15) is 14.4 Å². The topological polar surface area (TPSA) is 84.9 Å². The third kappa shape index (κ3) is 6.99. The molecular formula is C20H26Br2N2O5. The number of piperazine rings is 1. The van der Waals surface area contributed by atoms with Crippen molar-refractivity contribution >= 4 is 49.6 Å². The van der Waals surface area contributed by atoms with E-state index in [0.717, 1.165) is 33.8 Å². The van der Waals surface area contributed by atoms with Gasteiger partial charge in [-0.25, -0.2) is 0 Å². The Kier molecular flexibility index (Phi) is 9.42. The number of ether oxygens (including phenoxy) is 2. The minimum Gasteiger partial charge on any atom is -0.482 e. The average molecular weight is 534 g/mol. The number of halogens is 2. The van der Waals surface area contributed by atoms with E-state index in [1.807, 2.05) is 19.1 Å². The van der Waals surface area contributed by atoms with E-state index in [1.54, 1.807) is 0 Å². The Morgan fingerprint density at radius 3 is 2.72 bits per heavy atom. The van der Waals surface area contributed by atoms with E-state index in [0.29, 0.717) is 25.4 Å². The van der Waals surface area contributed by atoms with Gasteiger partial charge in [0, 0.05) is 17.6 Å². The molecule has 7 nitrogen and oxygen atoms in total. The Labute approximate surface area is 187 Å². The molecule has 0 bridgehead atoms. The maximum absolute atomic E-state index is 12.7. The number of carbonyl (C=O) groups excluding carboxylic acids is 3. The number of carbonyl (C=O) groups is 3. The van der Waals surface area contributed by atoms with Gasteiger partial charge in [0.05, 0.1) is 17.5 Å². The summed E-state index contributed by atoms with van der Waals surface area (Å²) in [5, 5.41) is 2.70. The molecule has 1 unspecified atom stereocenters. The molecular weight excluding hydrogens is 508 g/mol. The predicted molar refractivity (Wildman–Crippen MR) is 116 cm³/mol. The fourth-order valence-electron chi connectivity index (χ4n) is 3.06. The van der Waals surface area contributed by atoms with E-state index >= 15 is 0 Å². The fraction of sp³-hybridized carbons (Fsp3) is 0.550. The van der Waals surface area contributed by atoms with Gasteiger partial charge in [0.2, 0.25) is 5.91 Å². The summed E-state index contributed by atoms with van der Waals surface area (Å²) >= 11 is 6.83. The molecule has 1 N–H and O–H groups in total. The van der Waals surface area contributed by atoms with Crippen LogP contribution < -0.4 is 10.1 Å². The number of nitrogens with zero attached hydrogens (tertiary/aromatic N) is 1. The lowest BCUT2D eigenvalue weighted by Gasteiger charge is -2.34. The zero-order valence-corrected chi connectivity index (χ0v) is 19.8. The van der Waals surface area contributed by atoms with Crippen LogP contribution in [-0.4, -0.2) is 55.0 Å². The number of benzene rings is 1. The molecule has 160 valence electrons. The Hall–Kier alpha value is -1.61. The molecule has 0 radical (unpaired) electrons. The van der Waals surface area contributed by atoms with Crippen LogP contribution in [0.4, 0.5) is 0 Å². The normalized spacial score (nSPS) is 16.3. The zero-order valence-electron chi connectivity index (χ0n) is 16.6. The lowest BCUT2D eigenvalue weighted by Crippen LogP contribution is -2.58. The van der Waals surface area contributed by atoms with Gasteiger partial charge in [-0.2, -0.15) is 0 Å². The second-order valence-corrected chi connectivity index (χ2v) is 8.62. The van der Waals surface area contributed by atoms with Crippen LogP contribution in [0.25, 0.3) is 0 Å². The summed E-state index contributed by atoms with van der Waals surface area (Å²) in [7, 11) is 0. The van der Waals surface area contributed by atoms with Gasteiger partial charge in [0.25, 0.3) is 5.91 Å². The molecule has 0 aromatic heterocycles. The molecule has 2 amide bonds. The van der Waals surface area contributed by atoms with Gasteiger partial charge in [-0.1, -0.05) is 35.7 Å². The van der Waals surface area contributed by atoms with Crippen molar-refractivity contribution in [1.82, 2.24) is 10.2 Å². The first-order valence-electron chi connectivity index (χ1n) is 9.64. The number of rotatable bonds is 9. The quantitative estimate of drug-likeness (QED) is 0.388. The molecule has 1 aliphatic rings. The van der Waals surface area contributed by atoms with Crippen LogP contribution in [0.1, 0.15) is 38.2 Å². The van der Waals surface area contributed by atoms with Gasteiger partial charge >= 0.3 is 5.97 Å². The van der Waals surface area contributed by atoms with Crippen molar-refractivity contribution in [3.63, 3.8) is 0 Å². The van der Waals surface area contributed by atoms with Crippen molar-refractivity contribution in [2.75, 3.05) is 26.3 Å². The number of unbranched alkanes of at least 4 members (excludes halogenated alkanes) is 2. The predicted octanol–water partition coefficient (Wildman–Crippen LogP) is 3.35. The number of amides is 2. The SMILES string of the molecule is CCCCCOC(=O)CC1C(=O)NCCN1C(=O)COc1c(C)cc(Br)cc1Br. The Morgan fingerprint density at radius 2 is 2.03 bits per heavy atom. The first-order valence-corrected chi connectivity index (χ1v) is 11.2. The summed E-state index contributed by atoms with van der Waals surface area (Å²) in [4.78, 5) is 38.5. The first-order chi connectivity index (χ1) is 13.8. The molecule has 9 heteroatoms. The highest BCUT2D eigenvalue weighted by Gasteiger charge is 2.35. The maximum atomic E-state index is 12.7. The highest BCUT2D eigenvalue weighted by molar-refractivity contribution is 9.11. The lowest BCUT2D eigenvalue weighted by atomic mass is 10.1. The van der Waals surface area contributed by atoms with Crippen LogP contribution in [0.5, 0.6) is 5.75 Å². The second kappa shape index (κ2) is 11.5. The molecule has 1 aliphatic heterocycles. The lowest BCUT2D eigenvalue weighted by molar-refractivity contribution is -0.152. The molecule has 0 spiro atoms. The molecule has 1 aromatic carbocycles. The fourth-order valence-corrected chi connectivity index (χ4v) is 4.61. The summed E-state index contributed by atoms with van der Waals surface area (Å²) < 4.78 is 12.5. The minimum atomic E-state index is -0.881. The Bertz CT molecular complexity index is 733. The standard InChI is InChI=1S/C20H26Br2N2O5/c1-3-4-5-8-28-18(26)11-16-20(27)23-6-7-24(16)17(25)12-29-19-13(2)9-14(21)10-15(19)22/h9-10,16H,3-8,11-12H2,1-2H3,(H,23,27). The number of nitrogens with one attached hydrogen (secondary N) is 1. The van der Waals surface area contributed by atoms with Crippen LogP contribution in [0.3, 0.4) is 0 Å². The molecule has 1 fully saturated rings. The minimum absolute atomic E-state index is 0.162. The monoisotopic (exact) mass is 532 g/mol. The van der Waals surface area contributed by atoms with Gasteiger partial charge in [0.15, 0.2) is 6.61 Å². The molecule has 0 aliphatic carbocycles. The van der Waals surface area contributed by atoms with Gasteiger partial charge in [0.1, 0.15) is 11.8 Å². The molecule has 0 saturated carbocycles. The van der Waals surface area contributed by atoms with Crippen molar-refractivity contribution in [3.8, 4) is 5.75 Å². The summed E-state index contributed by atoms with van der Waals surface area (Å²) in [6, 6.07) is 2.84. The number of hydrogen-bond donors (Lipinski definition) is 1. The molecule has 1 aromatic rings. The third-order valence-electron chi connectivity index (χ3n) is 4.56. The van der Waals surface area contributed by atoms with E-state index in [2.05, 4.69) is 44.1 Å². The Morgan fingerprint density at radius 1 is 1.28 bits per heavy atom. The van der Waals surface area contributed by atoms with Crippen LogP contribution in [0.15, 0.2) is 21.1 Å². The first kappa shape index (κ1) is 23.7. The van der Waals surface area contributed by atoms with Crippen LogP contribution in [0, 0.1) is 6.92 Å². The second-order valence-electron chi connectivity index (χ2n) is 6.85. The van der Waals surface area contributed by atoms with Gasteiger partial charge < -0.3 is 19.7 Å². The van der Waals surface area contributed by atoms with Gasteiger partial charge in [-0.05, 0) is 47.0 Å². The number of aryl methyl sites for hydroxylation is 1. The van der Waals surface area contributed by atoms with Crippen LogP contribution in [0.2, 0.25) is 0 Å². The van der Waals surface area contributed by atoms with E-state index in [1.165, 1.54) is 4.90 Å².